The van der Waals surface area contributed by atoms with Crippen LogP contribution < -0.4 is 5.32 Å². The van der Waals surface area contributed by atoms with Gasteiger partial charge in [-0.3, -0.25) is 14.4 Å². The van der Waals surface area contributed by atoms with Gasteiger partial charge in [-0.05, 0) is 35.2 Å². The van der Waals surface area contributed by atoms with Gasteiger partial charge in [-0.25, -0.2) is 14.8 Å². The van der Waals surface area contributed by atoms with Gasteiger partial charge in [0.05, 0.1) is 18.1 Å². The Morgan fingerprint density at radius 1 is 1.07 bits per heavy atom. The van der Waals surface area contributed by atoms with Crippen LogP contribution in [0, 0.1) is 0 Å². The van der Waals surface area contributed by atoms with E-state index in [0.29, 0.717) is 26.1 Å². The van der Waals surface area contributed by atoms with E-state index in [-0.39, 0.29) is 30.8 Å². The van der Waals surface area contributed by atoms with Crippen molar-refractivity contribution < 1.29 is 19.8 Å². The summed E-state index contributed by atoms with van der Waals surface area (Å²) in [6, 6.07) is 21.4. The molecule has 6 rings (SSSR count). The Hall–Kier alpha value is -4.71. The number of aryl methyl sites for hydroxylation is 1. The van der Waals surface area contributed by atoms with Crippen molar-refractivity contribution in [2.75, 3.05) is 19.6 Å². The maximum Gasteiger partial charge on any atom is 0.334 e. The van der Waals surface area contributed by atoms with E-state index in [1.165, 1.54) is 0 Å². The second kappa shape index (κ2) is 12.5. The number of phenolic OH excluding ortho intramolecular Hbond substituents is 1. The number of aliphatic hydroxyl groups is 1. The number of nitrogens with zero attached hydrogens (tertiary/aromatic N) is 6. The molecule has 0 radical (unpaired) electrons. The Labute approximate surface area is 256 Å². The summed E-state index contributed by atoms with van der Waals surface area (Å²) < 4.78 is 1.77. The van der Waals surface area contributed by atoms with Crippen LogP contribution in [0.4, 0.5) is 4.79 Å². The minimum absolute atomic E-state index is 0.0344. The first-order chi connectivity index (χ1) is 21.3. The number of urea groups is 1. The number of carbonyl (C=O) groups is 2. The standard InChI is InChI=1S/C33H37N7O4/c1-3-16-38-22-30(42)39-28(17-23-12-14-27(41)15-13-23)32(43)37(20-26-11-7-10-25-19-36(2)35-31(25)26)21-29(39)40(38)33(44)34-18-24-8-5-4-6-9-24/h3-15,19,28-29,32,41,43H,1,16-18,20-22H2,2H3,(H,34,44)/t28-,29-,32?/m0/s1. The van der Waals surface area contributed by atoms with Crippen molar-refractivity contribution in [1.29, 1.82) is 0 Å². The van der Waals surface area contributed by atoms with Gasteiger partial charge in [0, 0.05) is 44.8 Å². The second-order valence-corrected chi connectivity index (χ2v) is 11.3. The van der Waals surface area contributed by atoms with Gasteiger partial charge in [-0.2, -0.15) is 5.10 Å². The van der Waals surface area contributed by atoms with E-state index in [9.17, 15) is 19.8 Å². The highest BCUT2D eigenvalue weighted by Crippen LogP contribution is 2.32. The number of phenols is 1. The SMILES string of the molecule is C=CCN1CC(=O)N2[C@@H](Cc3ccc(O)cc3)C(O)N(Cc3cccc4cn(C)nc34)C[C@@H]2N1C(=O)NCc1ccccc1. The molecule has 3 heterocycles. The number of hydrazine groups is 1. The quantitative estimate of drug-likeness (QED) is 0.268. The number of hydrogen-bond acceptors (Lipinski definition) is 7. The molecule has 3 N–H and O–H groups in total. The van der Waals surface area contributed by atoms with Gasteiger partial charge in [0.25, 0.3) is 0 Å². The molecule has 2 fully saturated rings. The van der Waals surface area contributed by atoms with Crippen molar-refractivity contribution >= 4 is 22.8 Å². The van der Waals surface area contributed by atoms with Crippen LogP contribution in [0.5, 0.6) is 5.75 Å². The van der Waals surface area contributed by atoms with Crippen LogP contribution in [0.15, 0.2) is 91.6 Å². The smallest absolute Gasteiger partial charge is 0.334 e. The molecule has 4 aromatic rings. The number of rotatable bonds is 8. The van der Waals surface area contributed by atoms with Gasteiger partial charge in [0.2, 0.25) is 5.91 Å². The zero-order valence-corrected chi connectivity index (χ0v) is 24.7. The molecule has 0 saturated carbocycles. The molecular formula is C33H37N7O4. The minimum Gasteiger partial charge on any atom is -0.508 e. The number of aliphatic hydroxyl groups excluding tert-OH is 1. The second-order valence-electron chi connectivity index (χ2n) is 11.3. The Morgan fingerprint density at radius 3 is 2.59 bits per heavy atom. The number of benzene rings is 3. The van der Waals surface area contributed by atoms with E-state index in [4.69, 9.17) is 0 Å². The number of piperazine rings is 1. The number of aromatic hydroxyl groups is 1. The maximum atomic E-state index is 13.9. The van der Waals surface area contributed by atoms with Crippen LogP contribution in [0.1, 0.15) is 16.7 Å². The molecule has 1 aromatic heterocycles. The molecule has 44 heavy (non-hydrogen) atoms. The normalized spacial score (nSPS) is 21.0. The Bertz CT molecular complexity index is 1640. The van der Waals surface area contributed by atoms with Crippen molar-refractivity contribution in [1.82, 2.24) is 34.9 Å². The molecular weight excluding hydrogens is 558 g/mol. The van der Waals surface area contributed by atoms with E-state index in [1.807, 2.05) is 66.7 Å². The van der Waals surface area contributed by atoms with Crippen LogP contribution in [0.2, 0.25) is 0 Å². The Kier molecular flexibility index (Phi) is 8.34. The van der Waals surface area contributed by atoms with Gasteiger partial charge < -0.3 is 20.4 Å². The topological polar surface area (TPSA) is 117 Å². The van der Waals surface area contributed by atoms with Gasteiger partial charge in [0.1, 0.15) is 18.1 Å². The summed E-state index contributed by atoms with van der Waals surface area (Å²) in [6.45, 7) is 5.02. The van der Waals surface area contributed by atoms with Crippen molar-refractivity contribution in [3.63, 3.8) is 0 Å². The molecule has 0 bridgehead atoms. The fourth-order valence-electron chi connectivity index (χ4n) is 6.29. The number of hydrogen-bond donors (Lipinski definition) is 3. The average Bonchev–Trinajstić information content (AvgIpc) is 3.41. The summed E-state index contributed by atoms with van der Waals surface area (Å²) >= 11 is 0. The van der Waals surface area contributed by atoms with Crippen molar-refractivity contribution in [3.05, 3.63) is 108 Å². The number of nitrogens with one attached hydrogen (secondary N) is 1. The van der Waals surface area contributed by atoms with Crippen molar-refractivity contribution in [3.8, 4) is 5.75 Å². The third-order valence-electron chi connectivity index (χ3n) is 8.31. The highest BCUT2D eigenvalue weighted by molar-refractivity contribution is 5.83. The summed E-state index contributed by atoms with van der Waals surface area (Å²) in [7, 11) is 1.87. The Morgan fingerprint density at radius 2 is 1.84 bits per heavy atom. The molecule has 228 valence electrons. The number of fused-ring (bicyclic) bond motifs is 2. The first-order valence-corrected chi connectivity index (χ1v) is 14.7. The maximum absolute atomic E-state index is 13.9. The molecule has 11 nitrogen and oxygen atoms in total. The summed E-state index contributed by atoms with van der Waals surface area (Å²) in [5.74, 6) is -0.0467. The molecule has 1 unspecified atom stereocenters. The van der Waals surface area contributed by atoms with Crippen LogP contribution in [0.3, 0.4) is 0 Å². The van der Waals surface area contributed by atoms with Crippen LogP contribution in [-0.4, -0.2) is 89.8 Å². The fraction of sp³-hybridized carbons (Fsp3) is 0.303. The molecule has 11 heteroatoms. The lowest BCUT2D eigenvalue weighted by atomic mass is 9.97. The van der Waals surface area contributed by atoms with E-state index >= 15 is 0 Å². The number of aromatic nitrogens is 2. The zero-order valence-electron chi connectivity index (χ0n) is 24.7. The van der Waals surface area contributed by atoms with Crippen LogP contribution in [0.25, 0.3) is 10.9 Å². The molecule has 3 atom stereocenters. The van der Waals surface area contributed by atoms with Crippen LogP contribution in [-0.2, 0) is 31.4 Å². The molecule has 3 aromatic carbocycles. The molecule has 3 amide bonds. The third kappa shape index (κ3) is 5.89. The van der Waals surface area contributed by atoms with Gasteiger partial charge >= 0.3 is 6.03 Å². The fourth-order valence-corrected chi connectivity index (χ4v) is 6.29. The third-order valence-corrected chi connectivity index (χ3v) is 8.31. The molecule has 2 saturated heterocycles. The van der Waals surface area contributed by atoms with Gasteiger partial charge in [-0.1, -0.05) is 66.7 Å². The minimum atomic E-state index is -1.02. The summed E-state index contributed by atoms with van der Waals surface area (Å²) in [6.07, 6.45) is 2.23. The summed E-state index contributed by atoms with van der Waals surface area (Å²) in [5, 5.41) is 33.7. The zero-order chi connectivity index (χ0) is 30.8. The van der Waals surface area contributed by atoms with E-state index in [2.05, 4.69) is 17.0 Å². The first kappa shape index (κ1) is 29.4. The highest BCUT2D eigenvalue weighted by atomic mass is 16.3. The lowest BCUT2D eigenvalue weighted by Gasteiger charge is -2.57. The highest BCUT2D eigenvalue weighted by Gasteiger charge is 2.51. The average molecular weight is 596 g/mol. The van der Waals surface area contributed by atoms with E-state index in [1.54, 1.807) is 49.9 Å². The molecule has 2 aliphatic rings. The molecule has 2 aliphatic heterocycles. The lowest BCUT2D eigenvalue weighted by Crippen LogP contribution is -2.77. The lowest BCUT2D eigenvalue weighted by molar-refractivity contribution is -0.210. The van der Waals surface area contributed by atoms with Crippen molar-refractivity contribution in [2.24, 2.45) is 7.05 Å². The van der Waals surface area contributed by atoms with E-state index < -0.39 is 18.4 Å². The largest absolute Gasteiger partial charge is 0.508 e. The number of carbonyl (C=O) groups excluding carboxylic acids is 2. The van der Waals surface area contributed by atoms with Gasteiger partial charge in [0.15, 0.2) is 0 Å². The van der Waals surface area contributed by atoms with Crippen molar-refractivity contribution in [2.45, 2.75) is 37.9 Å². The molecule has 0 aliphatic carbocycles. The predicted molar refractivity (Wildman–Crippen MR) is 166 cm³/mol. The molecule has 0 spiro atoms. The summed E-state index contributed by atoms with van der Waals surface area (Å²) in [5.41, 5.74) is 3.57. The Balaban J connectivity index is 1.36. The number of amides is 3. The first-order valence-electron chi connectivity index (χ1n) is 14.7. The van der Waals surface area contributed by atoms with Crippen LogP contribution >= 0.6 is 0 Å². The predicted octanol–water partition coefficient (Wildman–Crippen LogP) is 2.81. The monoisotopic (exact) mass is 595 g/mol. The van der Waals surface area contributed by atoms with E-state index in [0.717, 1.165) is 27.6 Å². The van der Waals surface area contributed by atoms with Gasteiger partial charge in [-0.15, -0.1) is 6.58 Å². The summed E-state index contributed by atoms with van der Waals surface area (Å²) in [4.78, 5) is 31.3.